The van der Waals surface area contributed by atoms with Crippen molar-refractivity contribution in [3.63, 3.8) is 0 Å². The minimum absolute atomic E-state index is 0.156. The second kappa shape index (κ2) is 5.08. The maximum Gasteiger partial charge on any atom is 0.137 e. The molecule has 1 unspecified atom stereocenters. The zero-order valence-electron chi connectivity index (χ0n) is 8.60. The lowest BCUT2D eigenvalue weighted by atomic mass is 9.92. The van der Waals surface area contributed by atoms with Crippen LogP contribution in [-0.2, 0) is 6.42 Å². The highest BCUT2D eigenvalue weighted by molar-refractivity contribution is 9.10. The predicted octanol–water partition coefficient (Wildman–Crippen LogP) is 3.13. The Bertz CT molecular complexity index is 334. The average molecular weight is 272 g/mol. The first-order valence-corrected chi connectivity index (χ1v) is 6.20. The summed E-state index contributed by atoms with van der Waals surface area (Å²) < 4.78 is 13.9. The van der Waals surface area contributed by atoms with E-state index in [4.69, 9.17) is 0 Å². The van der Waals surface area contributed by atoms with Gasteiger partial charge in [-0.2, -0.15) is 0 Å². The molecular formula is C12H15BrFN. The van der Waals surface area contributed by atoms with E-state index in [0.29, 0.717) is 10.4 Å². The van der Waals surface area contributed by atoms with Crippen molar-refractivity contribution in [1.82, 2.24) is 5.32 Å². The normalized spacial score (nSPS) is 21.6. The van der Waals surface area contributed by atoms with E-state index in [9.17, 15) is 4.39 Å². The molecule has 82 valence electrons. The van der Waals surface area contributed by atoms with Crippen LogP contribution in [0.25, 0.3) is 0 Å². The molecule has 1 atom stereocenters. The molecule has 2 rings (SSSR count). The smallest absolute Gasteiger partial charge is 0.137 e. The molecule has 0 radical (unpaired) electrons. The van der Waals surface area contributed by atoms with E-state index >= 15 is 0 Å². The van der Waals surface area contributed by atoms with Gasteiger partial charge in [0, 0.05) is 0 Å². The maximum absolute atomic E-state index is 13.3. The van der Waals surface area contributed by atoms with Gasteiger partial charge in [-0.1, -0.05) is 12.1 Å². The average Bonchev–Trinajstić information content (AvgIpc) is 2.26. The highest BCUT2D eigenvalue weighted by Gasteiger charge is 2.15. The van der Waals surface area contributed by atoms with Crippen LogP contribution in [-0.4, -0.2) is 13.1 Å². The number of nitrogens with one attached hydrogen (secondary N) is 1. The number of benzene rings is 1. The summed E-state index contributed by atoms with van der Waals surface area (Å²) in [4.78, 5) is 0. The molecular weight excluding hydrogens is 257 g/mol. The molecule has 1 N–H and O–H groups in total. The fourth-order valence-corrected chi connectivity index (χ4v) is 2.54. The molecule has 1 saturated heterocycles. The third-order valence-electron chi connectivity index (χ3n) is 2.94. The van der Waals surface area contributed by atoms with Crippen molar-refractivity contribution >= 4 is 15.9 Å². The molecule has 1 aromatic rings. The van der Waals surface area contributed by atoms with Crippen molar-refractivity contribution in [2.75, 3.05) is 13.1 Å². The second-order valence-corrected chi connectivity index (χ2v) is 4.92. The second-order valence-electron chi connectivity index (χ2n) is 4.13. The van der Waals surface area contributed by atoms with Gasteiger partial charge in [0.05, 0.1) is 4.47 Å². The van der Waals surface area contributed by atoms with Crippen molar-refractivity contribution in [3.05, 3.63) is 34.1 Å². The Morgan fingerprint density at radius 1 is 1.47 bits per heavy atom. The van der Waals surface area contributed by atoms with Crippen molar-refractivity contribution in [1.29, 1.82) is 0 Å². The predicted molar refractivity (Wildman–Crippen MR) is 63.4 cm³/mol. The number of hydrogen-bond donors (Lipinski definition) is 1. The molecule has 15 heavy (non-hydrogen) atoms. The van der Waals surface area contributed by atoms with E-state index in [1.165, 1.54) is 18.9 Å². The Balaban J connectivity index is 2.06. The van der Waals surface area contributed by atoms with Gasteiger partial charge in [0.2, 0.25) is 0 Å². The fraction of sp³-hybridized carbons (Fsp3) is 0.500. The molecule has 0 spiro atoms. The minimum atomic E-state index is -0.156. The highest BCUT2D eigenvalue weighted by Crippen LogP contribution is 2.25. The number of piperidine rings is 1. The van der Waals surface area contributed by atoms with Crippen LogP contribution in [0.4, 0.5) is 4.39 Å². The number of halogens is 2. The minimum Gasteiger partial charge on any atom is -0.316 e. The Hall–Kier alpha value is -0.410. The summed E-state index contributed by atoms with van der Waals surface area (Å²) in [5.41, 5.74) is 1.09. The van der Waals surface area contributed by atoms with Gasteiger partial charge in [0.15, 0.2) is 0 Å². The highest BCUT2D eigenvalue weighted by atomic mass is 79.9. The van der Waals surface area contributed by atoms with Gasteiger partial charge in [0.25, 0.3) is 0 Å². The molecule has 1 aliphatic rings. The Morgan fingerprint density at radius 3 is 3.07 bits per heavy atom. The van der Waals surface area contributed by atoms with Gasteiger partial charge in [-0.3, -0.25) is 0 Å². The largest absolute Gasteiger partial charge is 0.316 e. The Kier molecular flexibility index (Phi) is 3.76. The topological polar surface area (TPSA) is 12.0 Å². The van der Waals surface area contributed by atoms with Crippen LogP contribution in [0, 0.1) is 11.7 Å². The first-order valence-electron chi connectivity index (χ1n) is 5.41. The SMILES string of the molecule is Fc1cccc(CC2CCCNC2)c1Br. The molecule has 1 aromatic carbocycles. The van der Waals surface area contributed by atoms with Crippen LogP contribution in [0.15, 0.2) is 22.7 Å². The molecule has 1 nitrogen and oxygen atoms in total. The van der Waals surface area contributed by atoms with Gasteiger partial charge in [-0.05, 0) is 65.8 Å². The molecule has 0 amide bonds. The van der Waals surface area contributed by atoms with E-state index in [1.54, 1.807) is 6.07 Å². The molecule has 1 fully saturated rings. The molecule has 0 bridgehead atoms. The third-order valence-corrected chi connectivity index (χ3v) is 3.83. The van der Waals surface area contributed by atoms with Crippen molar-refractivity contribution in [2.45, 2.75) is 19.3 Å². The van der Waals surface area contributed by atoms with Crippen molar-refractivity contribution in [3.8, 4) is 0 Å². The molecule has 3 heteroatoms. The molecule has 0 aromatic heterocycles. The van der Waals surface area contributed by atoms with E-state index in [2.05, 4.69) is 21.2 Å². The lowest BCUT2D eigenvalue weighted by Crippen LogP contribution is -2.30. The summed E-state index contributed by atoms with van der Waals surface area (Å²) >= 11 is 3.31. The van der Waals surface area contributed by atoms with Crippen LogP contribution in [0.1, 0.15) is 18.4 Å². The zero-order valence-corrected chi connectivity index (χ0v) is 10.2. The summed E-state index contributed by atoms with van der Waals surface area (Å²) in [5.74, 6) is 0.494. The number of rotatable bonds is 2. The third kappa shape index (κ3) is 2.79. The first-order chi connectivity index (χ1) is 7.27. The van der Waals surface area contributed by atoms with E-state index < -0.39 is 0 Å². The first kappa shape index (κ1) is 11.1. The fourth-order valence-electron chi connectivity index (χ4n) is 2.12. The summed E-state index contributed by atoms with van der Waals surface area (Å²) in [6, 6.07) is 5.28. The zero-order chi connectivity index (χ0) is 10.7. The standard InChI is InChI=1S/C12H15BrFN/c13-12-10(4-1-5-11(12)14)7-9-3-2-6-15-8-9/h1,4-5,9,15H,2-3,6-8H2. The summed E-state index contributed by atoms with van der Waals surface area (Å²) in [6.45, 7) is 2.18. The Morgan fingerprint density at radius 2 is 2.33 bits per heavy atom. The Labute approximate surface area is 98.2 Å². The van der Waals surface area contributed by atoms with Crippen molar-refractivity contribution in [2.24, 2.45) is 5.92 Å². The number of hydrogen-bond acceptors (Lipinski definition) is 1. The lowest BCUT2D eigenvalue weighted by molar-refractivity contribution is 0.375. The summed E-state index contributed by atoms with van der Waals surface area (Å²) in [5, 5.41) is 3.38. The van der Waals surface area contributed by atoms with Crippen LogP contribution in [0.5, 0.6) is 0 Å². The van der Waals surface area contributed by atoms with Crippen molar-refractivity contribution < 1.29 is 4.39 Å². The molecule has 1 heterocycles. The van der Waals surface area contributed by atoms with Gasteiger partial charge >= 0.3 is 0 Å². The van der Waals surface area contributed by atoms with E-state index in [-0.39, 0.29) is 5.82 Å². The monoisotopic (exact) mass is 271 g/mol. The molecule has 0 saturated carbocycles. The van der Waals surface area contributed by atoms with Gasteiger partial charge in [-0.15, -0.1) is 0 Å². The molecule has 0 aliphatic carbocycles. The van der Waals surface area contributed by atoms with Crippen LogP contribution >= 0.6 is 15.9 Å². The van der Waals surface area contributed by atoms with Gasteiger partial charge in [0.1, 0.15) is 5.82 Å². The van der Waals surface area contributed by atoms with E-state index in [0.717, 1.165) is 25.1 Å². The summed E-state index contributed by atoms with van der Waals surface area (Å²) in [6.07, 6.45) is 3.44. The van der Waals surface area contributed by atoms with Crippen LogP contribution in [0.3, 0.4) is 0 Å². The van der Waals surface area contributed by atoms with Gasteiger partial charge < -0.3 is 5.32 Å². The van der Waals surface area contributed by atoms with Crippen LogP contribution in [0.2, 0.25) is 0 Å². The van der Waals surface area contributed by atoms with Crippen LogP contribution < -0.4 is 5.32 Å². The molecule has 1 aliphatic heterocycles. The summed E-state index contributed by atoms with van der Waals surface area (Å²) in [7, 11) is 0. The lowest BCUT2D eigenvalue weighted by Gasteiger charge is -2.23. The maximum atomic E-state index is 13.3. The van der Waals surface area contributed by atoms with E-state index in [1.807, 2.05) is 6.07 Å². The quantitative estimate of drug-likeness (QED) is 0.872. The van der Waals surface area contributed by atoms with Gasteiger partial charge in [-0.25, -0.2) is 4.39 Å².